The Balaban J connectivity index is 2.05. The fraction of sp³-hybridized carbons (Fsp3) is 0.333. The molecule has 0 aliphatic carbocycles. The monoisotopic (exact) mass is 281 g/mol. The van der Waals surface area contributed by atoms with Gasteiger partial charge in [-0.1, -0.05) is 21.9 Å². The lowest BCUT2D eigenvalue weighted by Gasteiger charge is -2.06. The number of hydrogen-bond acceptors (Lipinski definition) is 3. The van der Waals surface area contributed by atoms with Crippen molar-refractivity contribution in [2.75, 3.05) is 13.3 Å². The molecular formula is C12H12BrNO2. The van der Waals surface area contributed by atoms with Gasteiger partial charge in [-0.3, -0.25) is 0 Å². The molecule has 1 N–H and O–H groups in total. The Morgan fingerprint density at radius 1 is 1.38 bits per heavy atom. The number of hydrogen-bond donors (Lipinski definition) is 1. The van der Waals surface area contributed by atoms with Crippen molar-refractivity contribution in [1.29, 1.82) is 0 Å². The first-order valence-electron chi connectivity index (χ1n) is 4.99. The number of rotatable bonds is 3. The van der Waals surface area contributed by atoms with Gasteiger partial charge in [0.2, 0.25) is 6.79 Å². The van der Waals surface area contributed by atoms with Gasteiger partial charge in [0.15, 0.2) is 11.5 Å². The van der Waals surface area contributed by atoms with Crippen molar-refractivity contribution in [3.05, 3.63) is 22.2 Å². The van der Waals surface area contributed by atoms with Crippen molar-refractivity contribution in [1.82, 2.24) is 5.32 Å². The quantitative estimate of drug-likeness (QED) is 0.681. The Bertz CT molecular complexity index is 448. The van der Waals surface area contributed by atoms with E-state index in [1.54, 1.807) is 0 Å². The van der Waals surface area contributed by atoms with E-state index in [-0.39, 0.29) is 0 Å². The molecule has 0 bridgehead atoms. The first-order chi connectivity index (χ1) is 7.81. The topological polar surface area (TPSA) is 30.5 Å². The number of halogens is 1. The van der Waals surface area contributed by atoms with Crippen molar-refractivity contribution in [3.63, 3.8) is 0 Å². The van der Waals surface area contributed by atoms with Gasteiger partial charge in [-0.15, -0.1) is 5.92 Å². The van der Waals surface area contributed by atoms with E-state index in [1.807, 2.05) is 19.1 Å². The van der Waals surface area contributed by atoms with E-state index in [1.165, 1.54) is 0 Å². The zero-order valence-corrected chi connectivity index (χ0v) is 10.6. The van der Waals surface area contributed by atoms with E-state index in [0.717, 1.165) is 28.1 Å². The van der Waals surface area contributed by atoms with Crippen molar-refractivity contribution in [2.24, 2.45) is 0 Å². The smallest absolute Gasteiger partial charge is 0.231 e. The van der Waals surface area contributed by atoms with Crippen LogP contribution in [0.3, 0.4) is 0 Å². The van der Waals surface area contributed by atoms with Gasteiger partial charge in [0.25, 0.3) is 0 Å². The number of benzene rings is 1. The highest BCUT2D eigenvalue weighted by atomic mass is 79.9. The third kappa shape index (κ3) is 2.49. The number of nitrogens with one attached hydrogen (secondary N) is 1. The van der Waals surface area contributed by atoms with Crippen LogP contribution in [-0.2, 0) is 6.54 Å². The second-order valence-electron chi connectivity index (χ2n) is 3.33. The molecule has 0 saturated heterocycles. The highest BCUT2D eigenvalue weighted by molar-refractivity contribution is 9.10. The van der Waals surface area contributed by atoms with Gasteiger partial charge < -0.3 is 14.8 Å². The minimum Gasteiger partial charge on any atom is -0.454 e. The normalized spacial score (nSPS) is 12.1. The summed E-state index contributed by atoms with van der Waals surface area (Å²) < 4.78 is 11.6. The van der Waals surface area contributed by atoms with E-state index in [2.05, 4.69) is 33.1 Å². The van der Waals surface area contributed by atoms with Crippen molar-refractivity contribution in [2.45, 2.75) is 13.5 Å². The first kappa shape index (κ1) is 11.3. The summed E-state index contributed by atoms with van der Waals surface area (Å²) in [6.07, 6.45) is 0. The molecule has 1 aliphatic heterocycles. The fourth-order valence-electron chi connectivity index (χ4n) is 1.44. The van der Waals surface area contributed by atoms with E-state index in [9.17, 15) is 0 Å². The third-order valence-corrected chi connectivity index (χ3v) is 2.99. The van der Waals surface area contributed by atoms with Crippen LogP contribution in [0.5, 0.6) is 11.5 Å². The summed E-state index contributed by atoms with van der Waals surface area (Å²) in [6, 6.07) is 3.92. The van der Waals surface area contributed by atoms with E-state index in [0.29, 0.717) is 13.3 Å². The van der Waals surface area contributed by atoms with Crippen molar-refractivity contribution in [3.8, 4) is 23.3 Å². The first-order valence-corrected chi connectivity index (χ1v) is 5.79. The lowest BCUT2D eigenvalue weighted by atomic mass is 10.2. The van der Waals surface area contributed by atoms with Crippen LogP contribution in [0.2, 0.25) is 0 Å². The summed E-state index contributed by atoms with van der Waals surface area (Å²) >= 11 is 3.51. The Hall–Kier alpha value is -1.18. The molecule has 1 heterocycles. The highest BCUT2D eigenvalue weighted by Crippen LogP contribution is 2.36. The molecule has 0 spiro atoms. The van der Waals surface area contributed by atoms with Gasteiger partial charge in [-0.05, 0) is 24.6 Å². The minimum atomic E-state index is 0.306. The Morgan fingerprint density at radius 3 is 2.88 bits per heavy atom. The van der Waals surface area contributed by atoms with Gasteiger partial charge in [0.1, 0.15) is 0 Å². The second kappa shape index (κ2) is 5.24. The van der Waals surface area contributed by atoms with Crippen LogP contribution in [-0.4, -0.2) is 13.3 Å². The van der Waals surface area contributed by atoms with E-state index >= 15 is 0 Å². The summed E-state index contributed by atoms with van der Waals surface area (Å²) in [5, 5.41) is 3.23. The largest absolute Gasteiger partial charge is 0.454 e. The number of fused-ring (bicyclic) bond motifs is 1. The Labute approximate surface area is 103 Å². The molecule has 84 valence electrons. The van der Waals surface area contributed by atoms with E-state index < -0.39 is 0 Å². The fourth-order valence-corrected chi connectivity index (χ4v) is 1.91. The van der Waals surface area contributed by atoms with Crippen LogP contribution in [0.15, 0.2) is 16.6 Å². The lowest BCUT2D eigenvalue weighted by molar-refractivity contribution is 0.174. The molecular weight excluding hydrogens is 270 g/mol. The zero-order chi connectivity index (χ0) is 11.4. The SMILES string of the molecule is CC#CCNCc1cc2c(cc1Br)OCO2. The molecule has 0 saturated carbocycles. The second-order valence-corrected chi connectivity index (χ2v) is 4.18. The number of ether oxygens (including phenoxy) is 2. The van der Waals surface area contributed by atoms with Gasteiger partial charge >= 0.3 is 0 Å². The molecule has 1 aliphatic rings. The van der Waals surface area contributed by atoms with Gasteiger partial charge in [-0.2, -0.15) is 0 Å². The molecule has 0 radical (unpaired) electrons. The summed E-state index contributed by atoms with van der Waals surface area (Å²) in [4.78, 5) is 0. The molecule has 0 atom stereocenters. The standard InChI is InChI=1S/C12H12BrNO2/c1-2-3-4-14-7-9-5-11-12(6-10(9)13)16-8-15-11/h5-6,14H,4,7-8H2,1H3. The summed E-state index contributed by atoms with van der Waals surface area (Å²) in [7, 11) is 0. The predicted molar refractivity (Wildman–Crippen MR) is 65.4 cm³/mol. The van der Waals surface area contributed by atoms with Crippen LogP contribution in [0.25, 0.3) is 0 Å². The molecule has 0 unspecified atom stereocenters. The van der Waals surface area contributed by atoms with Crippen molar-refractivity contribution < 1.29 is 9.47 Å². The molecule has 3 nitrogen and oxygen atoms in total. The van der Waals surface area contributed by atoms with Crippen molar-refractivity contribution >= 4 is 15.9 Å². The maximum atomic E-state index is 5.32. The Morgan fingerprint density at radius 2 is 2.12 bits per heavy atom. The van der Waals surface area contributed by atoms with E-state index in [4.69, 9.17) is 9.47 Å². The average Bonchev–Trinajstić information content (AvgIpc) is 2.71. The van der Waals surface area contributed by atoms with Gasteiger partial charge in [0, 0.05) is 11.0 Å². The Kier molecular flexibility index (Phi) is 3.70. The summed E-state index contributed by atoms with van der Waals surface area (Å²) in [6.45, 7) is 3.58. The average molecular weight is 282 g/mol. The molecule has 16 heavy (non-hydrogen) atoms. The molecule has 0 fully saturated rings. The van der Waals surface area contributed by atoms with Crippen LogP contribution >= 0.6 is 15.9 Å². The molecule has 2 rings (SSSR count). The molecule has 0 aromatic heterocycles. The zero-order valence-electron chi connectivity index (χ0n) is 8.97. The lowest BCUT2D eigenvalue weighted by Crippen LogP contribution is -2.13. The van der Waals surface area contributed by atoms with Crippen LogP contribution < -0.4 is 14.8 Å². The highest BCUT2D eigenvalue weighted by Gasteiger charge is 2.15. The minimum absolute atomic E-state index is 0.306. The maximum Gasteiger partial charge on any atom is 0.231 e. The molecule has 4 heteroatoms. The summed E-state index contributed by atoms with van der Waals surface area (Å²) in [5.74, 6) is 7.40. The van der Waals surface area contributed by atoms with Gasteiger partial charge in [0.05, 0.1) is 6.54 Å². The molecule has 1 aromatic carbocycles. The van der Waals surface area contributed by atoms with Crippen LogP contribution in [0.4, 0.5) is 0 Å². The summed E-state index contributed by atoms with van der Waals surface area (Å²) in [5.41, 5.74) is 1.14. The molecule has 0 amide bonds. The molecule has 1 aromatic rings. The van der Waals surface area contributed by atoms with Crippen LogP contribution in [0, 0.1) is 11.8 Å². The predicted octanol–water partition coefficient (Wildman–Crippen LogP) is 2.29. The third-order valence-electron chi connectivity index (χ3n) is 2.25. The maximum absolute atomic E-state index is 5.32. The van der Waals surface area contributed by atoms with Gasteiger partial charge in [-0.25, -0.2) is 0 Å². The van der Waals surface area contributed by atoms with Crippen LogP contribution in [0.1, 0.15) is 12.5 Å².